The third-order valence-corrected chi connectivity index (χ3v) is 17.2. The van der Waals surface area contributed by atoms with Crippen molar-refractivity contribution in [3.8, 4) is 57.1 Å². The summed E-state index contributed by atoms with van der Waals surface area (Å²) in [6.07, 6.45) is 0. The summed E-state index contributed by atoms with van der Waals surface area (Å²) in [6, 6.07) is 100. The third-order valence-electron chi connectivity index (χ3n) is 17.2. The number of benzene rings is 13. The summed E-state index contributed by atoms with van der Waals surface area (Å²) in [5.41, 5.74) is 17.3. The number of aromatic nitrogens is 4. The summed E-state index contributed by atoms with van der Waals surface area (Å²) in [7, 11) is 0. The van der Waals surface area contributed by atoms with Crippen LogP contribution in [-0.2, 0) is 0 Å². The fourth-order valence-corrected chi connectivity index (χ4v) is 13.6. The molecule has 0 atom stereocenters. The van der Waals surface area contributed by atoms with Gasteiger partial charge in [-0.3, -0.25) is 0 Å². The Morgan fingerprint density at radius 1 is 0.232 bits per heavy atom. The van der Waals surface area contributed by atoms with E-state index in [1.807, 2.05) is 12.1 Å². The van der Waals surface area contributed by atoms with Crippen molar-refractivity contribution in [2.24, 2.45) is 0 Å². The third kappa shape index (κ3) is 6.55. The number of rotatable bonds is 6. The molecule has 4 heterocycles. The molecule has 17 aromatic rings. The van der Waals surface area contributed by atoms with Crippen molar-refractivity contribution in [2.75, 3.05) is 0 Å². The van der Waals surface area contributed by atoms with Crippen molar-refractivity contribution in [3.05, 3.63) is 278 Å². The second kappa shape index (κ2) is 17.5. The van der Waals surface area contributed by atoms with E-state index >= 15 is 0 Å². The van der Waals surface area contributed by atoms with E-state index in [4.69, 9.17) is 0 Å². The van der Waals surface area contributed by atoms with Crippen LogP contribution in [0.4, 0.5) is 0 Å². The largest absolute Gasteiger partial charge is 0.309 e. The molecular weight excluding hydrogens is 997 g/mol. The van der Waals surface area contributed by atoms with Crippen molar-refractivity contribution < 1.29 is 0 Å². The first-order chi connectivity index (χ1) is 40.6. The number of nitriles is 2. The molecule has 0 aliphatic heterocycles. The fourth-order valence-electron chi connectivity index (χ4n) is 13.6. The lowest BCUT2D eigenvalue weighted by Gasteiger charge is -2.16. The van der Waals surface area contributed by atoms with E-state index in [2.05, 4.69) is 285 Å². The zero-order chi connectivity index (χ0) is 54.2. The van der Waals surface area contributed by atoms with Crippen LogP contribution < -0.4 is 0 Å². The highest BCUT2D eigenvalue weighted by molar-refractivity contribution is 6.24. The van der Waals surface area contributed by atoms with Crippen LogP contribution in [0, 0.1) is 22.7 Å². The minimum absolute atomic E-state index is 0.459. The minimum Gasteiger partial charge on any atom is -0.309 e. The van der Waals surface area contributed by atoms with Crippen LogP contribution in [0.5, 0.6) is 0 Å². The molecule has 0 unspecified atom stereocenters. The number of nitrogens with zero attached hydrogens (tertiary/aromatic N) is 6. The molecule has 0 aliphatic rings. The molecule has 0 fully saturated rings. The summed E-state index contributed by atoms with van der Waals surface area (Å²) >= 11 is 0. The number of para-hydroxylation sites is 4. The van der Waals surface area contributed by atoms with Crippen LogP contribution in [0.1, 0.15) is 11.1 Å². The van der Waals surface area contributed by atoms with E-state index in [9.17, 15) is 10.5 Å². The zero-order valence-corrected chi connectivity index (χ0v) is 44.1. The molecule has 0 saturated heterocycles. The van der Waals surface area contributed by atoms with Gasteiger partial charge in [0.1, 0.15) is 12.1 Å². The van der Waals surface area contributed by atoms with Crippen LogP contribution in [0.3, 0.4) is 0 Å². The van der Waals surface area contributed by atoms with Crippen LogP contribution >= 0.6 is 0 Å². The molecule has 0 spiro atoms. The Kier molecular flexibility index (Phi) is 9.74. The average molecular weight is 1040 g/mol. The Balaban J connectivity index is 0.852. The van der Waals surface area contributed by atoms with Gasteiger partial charge in [-0.2, -0.15) is 10.5 Å². The van der Waals surface area contributed by atoms with Gasteiger partial charge in [-0.15, -0.1) is 0 Å². The van der Waals surface area contributed by atoms with Gasteiger partial charge in [-0.05, 0) is 153 Å². The molecule has 0 bridgehead atoms. The minimum atomic E-state index is 0.459. The molecular formula is C76H44N6. The smallest absolute Gasteiger partial charge is 0.101 e. The lowest BCUT2D eigenvalue weighted by molar-refractivity contribution is 1.12. The Bertz CT molecular complexity index is 5310. The van der Waals surface area contributed by atoms with E-state index in [-0.39, 0.29) is 0 Å². The molecule has 0 amide bonds. The van der Waals surface area contributed by atoms with Crippen LogP contribution in [0.15, 0.2) is 267 Å². The maximum Gasteiger partial charge on any atom is 0.101 e. The summed E-state index contributed by atoms with van der Waals surface area (Å²) in [6.45, 7) is 0. The predicted molar refractivity (Wildman–Crippen MR) is 339 cm³/mol. The van der Waals surface area contributed by atoms with Crippen LogP contribution in [0.25, 0.3) is 154 Å². The van der Waals surface area contributed by atoms with Gasteiger partial charge in [-0.1, -0.05) is 158 Å². The van der Waals surface area contributed by atoms with Gasteiger partial charge in [0.2, 0.25) is 0 Å². The number of fused-ring (bicyclic) bond motifs is 16. The highest BCUT2D eigenvalue weighted by Crippen LogP contribution is 2.45. The van der Waals surface area contributed by atoms with Gasteiger partial charge in [0.05, 0.1) is 66.6 Å². The first-order valence-electron chi connectivity index (χ1n) is 27.7. The van der Waals surface area contributed by atoms with E-state index < -0.39 is 0 Å². The summed E-state index contributed by atoms with van der Waals surface area (Å²) < 4.78 is 9.08. The molecule has 17 rings (SSSR count). The van der Waals surface area contributed by atoms with Gasteiger partial charge in [0.15, 0.2) is 0 Å². The van der Waals surface area contributed by atoms with Crippen molar-refractivity contribution in [2.45, 2.75) is 0 Å². The Labute approximate surface area is 470 Å². The molecule has 82 heavy (non-hydrogen) atoms. The quantitative estimate of drug-likeness (QED) is 0.167. The first-order valence-corrected chi connectivity index (χ1v) is 27.7. The molecule has 0 aliphatic carbocycles. The van der Waals surface area contributed by atoms with Gasteiger partial charge in [-0.25, -0.2) is 0 Å². The summed E-state index contributed by atoms with van der Waals surface area (Å²) in [5, 5.41) is 36.4. The van der Waals surface area contributed by atoms with Gasteiger partial charge >= 0.3 is 0 Å². The molecule has 0 radical (unpaired) electrons. The van der Waals surface area contributed by atoms with Crippen LogP contribution in [0.2, 0.25) is 0 Å². The maximum absolute atomic E-state index is 11.4. The van der Waals surface area contributed by atoms with Crippen LogP contribution in [-0.4, -0.2) is 18.3 Å². The molecule has 6 nitrogen and oxygen atoms in total. The number of hydrogen-bond acceptors (Lipinski definition) is 2. The Hall–Kier alpha value is -11.4. The van der Waals surface area contributed by atoms with Gasteiger partial charge < -0.3 is 18.3 Å². The van der Waals surface area contributed by atoms with Crippen molar-refractivity contribution >= 4 is 109 Å². The van der Waals surface area contributed by atoms with E-state index in [1.165, 1.54) is 21.5 Å². The summed E-state index contributed by atoms with van der Waals surface area (Å²) in [5.74, 6) is 0. The number of hydrogen-bond donors (Lipinski definition) is 0. The van der Waals surface area contributed by atoms with Gasteiger partial charge in [0, 0.05) is 54.5 Å². The molecule has 378 valence electrons. The first kappa shape index (κ1) is 45.6. The highest BCUT2D eigenvalue weighted by atomic mass is 15.0. The second-order valence-corrected chi connectivity index (χ2v) is 21.4. The van der Waals surface area contributed by atoms with Crippen molar-refractivity contribution in [1.82, 2.24) is 18.3 Å². The van der Waals surface area contributed by atoms with E-state index in [1.54, 1.807) is 0 Å². The normalized spacial score (nSPS) is 11.9. The van der Waals surface area contributed by atoms with Crippen molar-refractivity contribution in [3.63, 3.8) is 0 Å². The molecule has 0 N–H and O–H groups in total. The lowest BCUT2D eigenvalue weighted by atomic mass is 9.99. The van der Waals surface area contributed by atoms with Crippen molar-refractivity contribution in [1.29, 1.82) is 10.5 Å². The molecule has 13 aromatic carbocycles. The lowest BCUT2D eigenvalue weighted by Crippen LogP contribution is -2.04. The second-order valence-electron chi connectivity index (χ2n) is 21.4. The topological polar surface area (TPSA) is 67.3 Å². The summed E-state index contributed by atoms with van der Waals surface area (Å²) in [4.78, 5) is 0. The SMILES string of the molecule is N#Cc1cc(-n2c3ccc(-c4ccc5c(c4)c4ccccc4n5-c4ccccc4)cc3c3c4ccccc4ccc32)c(C#N)cc1-n1c2ccc(-c3ccc4c(c3)c3ccccc3n4-c3ccccc3)cc2c2c3ccccc3ccc21. The highest BCUT2D eigenvalue weighted by Gasteiger charge is 2.24. The van der Waals surface area contributed by atoms with E-state index in [0.29, 0.717) is 22.5 Å². The van der Waals surface area contributed by atoms with E-state index in [0.717, 1.165) is 121 Å². The molecule has 6 heteroatoms. The fraction of sp³-hybridized carbons (Fsp3) is 0. The Morgan fingerprint density at radius 2 is 0.549 bits per heavy atom. The monoisotopic (exact) mass is 1040 g/mol. The Morgan fingerprint density at radius 3 is 0.951 bits per heavy atom. The molecule has 0 saturated carbocycles. The standard InChI is InChI=1S/C76H44N6/c77-45-53-44-74(82-70-36-32-52(42-64(70)76-58-22-10-8-16-48(58)28-38-72(76)82)50-30-34-68-62(40-50)60-24-12-14-26-66(60)80(68)56-19-5-2-6-20-56)54(46-78)43-73(53)81-69-35-31-51(41-63(69)75-57-21-9-7-15-47(57)27-37-71(75)81)49-29-33-67-61(39-49)59-23-11-13-25-65(59)79(67)55-17-3-1-4-18-55/h1-44H. The zero-order valence-electron chi connectivity index (χ0n) is 44.1. The average Bonchev–Trinajstić information content (AvgIpc) is 4.48. The van der Waals surface area contributed by atoms with Gasteiger partial charge in [0.25, 0.3) is 0 Å². The predicted octanol–water partition coefficient (Wildman–Crippen LogP) is 19.5. The molecule has 4 aromatic heterocycles. The maximum atomic E-state index is 11.4.